The normalized spacial score (nSPS) is 11.5. The molecular formula is C11H20O2. The van der Waals surface area contributed by atoms with Gasteiger partial charge in [-0.3, -0.25) is 0 Å². The van der Waals surface area contributed by atoms with Crippen molar-refractivity contribution in [2.24, 2.45) is 11.3 Å². The Hall–Kier alpha value is -0.790. The Labute approximate surface area is 81.0 Å². The zero-order valence-electron chi connectivity index (χ0n) is 9.31. The summed E-state index contributed by atoms with van der Waals surface area (Å²) in [6.07, 6.45) is 0. The van der Waals surface area contributed by atoms with Crippen molar-refractivity contribution in [1.29, 1.82) is 0 Å². The quantitative estimate of drug-likeness (QED) is 0.498. The molecule has 0 spiro atoms. The van der Waals surface area contributed by atoms with E-state index < -0.39 is 0 Å². The fraction of sp³-hybridized carbons (Fsp3) is 0.727. The lowest BCUT2D eigenvalue weighted by Gasteiger charge is -2.18. The zero-order valence-corrected chi connectivity index (χ0v) is 9.31. The molecular weight excluding hydrogens is 164 g/mol. The fourth-order valence-electron chi connectivity index (χ4n) is 0.610. The van der Waals surface area contributed by atoms with Crippen LogP contribution in [0.25, 0.3) is 0 Å². The molecule has 0 radical (unpaired) electrons. The van der Waals surface area contributed by atoms with Crippen LogP contribution in [0, 0.1) is 11.3 Å². The third kappa shape index (κ3) is 5.45. The van der Waals surface area contributed by atoms with Crippen LogP contribution in [-0.4, -0.2) is 12.6 Å². The van der Waals surface area contributed by atoms with Crippen LogP contribution in [0.5, 0.6) is 0 Å². The zero-order chi connectivity index (χ0) is 10.6. The Morgan fingerprint density at radius 2 is 1.85 bits per heavy atom. The number of esters is 1. The standard InChI is InChI=1S/C11H20O2/c1-8(2)9(3)10(12)13-7-11(4,5)6/h8H,3,7H2,1-2,4-6H3. The van der Waals surface area contributed by atoms with Gasteiger partial charge in [0.05, 0.1) is 6.61 Å². The number of hydrogen-bond donors (Lipinski definition) is 0. The summed E-state index contributed by atoms with van der Waals surface area (Å²) in [7, 11) is 0. The lowest BCUT2D eigenvalue weighted by Crippen LogP contribution is -2.20. The molecule has 0 aliphatic carbocycles. The minimum atomic E-state index is -0.273. The van der Waals surface area contributed by atoms with Crippen LogP contribution in [-0.2, 0) is 9.53 Å². The Morgan fingerprint density at radius 1 is 1.38 bits per heavy atom. The van der Waals surface area contributed by atoms with E-state index in [9.17, 15) is 4.79 Å². The molecule has 76 valence electrons. The summed E-state index contributed by atoms with van der Waals surface area (Å²) in [5.74, 6) is -0.114. The highest BCUT2D eigenvalue weighted by molar-refractivity contribution is 5.88. The van der Waals surface area contributed by atoms with Crippen LogP contribution in [0.2, 0.25) is 0 Å². The van der Waals surface area contributed by atoms with Crippen molar-refractivity contribution < 1.29 is 9.53 Å². The van der Waals surface area contributed by atoms with E-state index in [1.807, 2.05) is 34.6 Å². The summed E-state index contributed by atoms with van der Waals surface area (Å²) >= 11 is 0. The highest BCUT2D eigenvalue weighted by Crippen LogP contribution is 2.15. The third-order valence-corrected chi connectivity index (χ3v) is 1.60. The van der Waals surface area contributed by atoms with E-state index >= 15 is 0 Å². The smallest absolute Gasteiger partial charge is 0.333 e. The first-order valence-corrected chi connectivity index (χ1v) is 4.60. The highest BCUT2D eigenvalue weighted by Gasteiger charge is 2.16. The first-order chi connectivity index (χ1) is 5.74. The minimum absolute atomic E-state index is 0.0208. The average Bonchev–Trinajstić information content (AvgIpc) is 1.97. The number of hydrogen-bond acceptors (Lipinski definition) is 2. The monoisotopic (exact) mass is 184 g/mol. The highest BCUT2D eigenvalue weighted by atomic mass is 16.5. The van der Waals surface area contributed by atoms with E-state index in [-0.39, 0.29) is 17.3 Å². The molecule has 0 saturated heterocycles. The maximum Gasteiger partial charge on any atom is 0.333 e. The summed E-state index contributed by atoms with van der Waals surface area (Å²) in [5, 5.41) is 0. The van der Waals surface area contributed by atoms with E-state index in [2.05, 4.69) is 6.58 Å². The Balaban J connectivity index is 3.96. The number of ether oxygens (including phenoxy) is 1. The van der Waals surface area contributed by atoms with Crippen molar-refractivity contribution >= 4 is 5.97 Å². The predicted molar refractivity (Wildman–Crippen MR) is 54.4 cm³/mol. The Kier molecular flexibility index (Phi) is 4.18. The molecule has 0 fully saturated rings. The summed E-state index contributed by atoms with van der Waals surface area (Å²) in [6, 6.07) is 0. The second-order valence-corrected chi connectivity index (χ2v) is 4.82. The van der Waals surface area contributed by atoms with Crippen molar-refractivity contribution in [2.45, 2.75) is 34.6 Å². The Morgan fingerprint density at radius 3 is 2.15 bits per heavy atom. The van der Waals surface area contributed by atoms with Crippen molar-refractivity contribution in [3.63, 3.8) is 0 Å². The molecule has 0 N–H and O–H groups in total. The second-order valence-electron chi connectivity index (χ2n) is 4.82. The molecule has 0 unspecified atom stereocenters. The summed E-state index contributed by atoms with van der Waals surface area (Å²) in [6.45, 7) is 14.1. The number of carbonyl (C=O) groups is 1. The molecule has 0 aliphatic heterocycles. The molecule has 0 aromatic carbocycles. The largest absolute Gasteiger partial charge is 0.462 e. The molecule has 0 aliphatic rings. The predicted octanol–water partition coefficient (Wildman–Crippen LogP) is 2.79. The summed E-state index contributed by atoms with van der Waals surface area (Å²) in [4.78, 5) is 11.3. The molecule has 0 aromatic rings. The molecule has 0 amide bonds. The lowest BCUT2D eigenvalue weighted by atomic mass is 9.98. The molecule has 2 nitrogen and oxygen atoms in total. The summed E-state index contributed by atoms with van der Waals surface area (Å²) in [5.41, 5.74) is 0.566. The van der Waals surface area contributed by atoms with Crippen LogP contribution in [0.4, 0.5) is 0 Å². The van der Waals surface area contributed by atoms with Gasteiger partial charge in [-0.1, -0.05) is 41.2 Å². The number of carbonyl (C=O) groups excluding carboxylic acids is 1. The summed E-state index contributed by atoms with van der Waals surface area (Å²) < 4.78 is 5.09. The molecule has 0 heterocycles. The van der Waals surface area contributed by atoms with Gasteiger partial charge in [0.15, 0.2) is 0 Å². The van der Waals surface area contributed by atoms with E-state index in [1.54, 1.807) is 0 Å². The topological polar surface area (TPSA) is 26.3 Å². The molecule has 0 bridgehead atoms. The van der Waals surface area contributed by atoms with Crippen LogP contribution >= 0.6 is 0 Å². The molecule has 2 heteroatoms. The second kappa shape index (κ2) is 4.45. The van der Waals surface area contributed by atoms with Gasteiger partial charge in [0, 0.05) is 5.57 Å². The average molecular weight is 184 g/mol. The van der Waals surface area contributed by atoms with Gasteiger partial charge in [0.2, 0.25) is 0 Å². The lowest BCUT2D eigenvalue weighted by molar-refractivity contribution is -0.142. The molecule has 0 rings (SSSR count). The first-order valence-electron chi connectivity index (χ1n) is 4.60. The molecule has 0 saturated carbocycles. The molecule has 13 heavy (non-hydrogen) atoms. The van der Waals surface area contributed by atoms with Crippen LogP contribution in [0.3, 0.4) is 0 Å². The van der Waals surface area contributed by atoms with Gasteiger partial charge < -0.3 is 4.74 Å². The number of rotatable bonds is 3. The van der Waals surface area contributed by atoms with Crippen molar-refractivity contribution in [3.8, 4) is 0 Å². The minimum Gasteiger partial charge on any atom is -0.462 e. The molecule has 0 aromatic heterocycles. The van der Waals surface area contributed by atoms with E-state index in [4.69, 9.17) is 4.74 Å². The third-order valence-electron chi connectivity index (χ3n) is 1.60. The van der Waals surface area contributed by atoms with Gasteiger partial charge in [-0.15, -0.1) is 0 Å². The van der Waals surface area contributed by atoms with Gasteiger partial charge >= 0.3 is 5.97 Å². The van der Waals surface area contributed by atoms with Crippen LogP contribution in [0.1, 0.15) is 34.6 Å². The van der Waals surface area contributed by atoms with Crippen molar-refractivity contribution in [3.05, 3.63) is 12.2 Å². The molecule has 0 atom stereocenters. The van der Waals surface area contributed by atoms with Gasteiger partial charge in [0.1, 0.15) is 0 Å². The van der Waals surface area contributed by atoms with Gasteiger partial charge in [0.25, 0.3) is 0 Å². The van der Waals surface area contributed by atoms with Gasteiger partial charge in [-0.2, -0.15) is 0 Å². The van der Waals surface area contributed by atoms with Crippen LogP contribution in [0.15, 0.2) is 12.2 Å². The Bertz CT molecular complexity index is 197. The SMILES string of the molecule is C=C(C(=O)OCC(C)(C)C)C(C)C. The maximum atomic E-state index is 11.3. The fourth-order valence-corrected chi connectivity index (χ4v) is 0.610. The van der Waals surface area contributed by atoms with E-state index in [1.165, 1.54) is 0 Å². The van der Waals surface area contributed by atoms with E-state index in [0.29, 0.717) is 12.2 Å². The van der Waals surface area contributed by atoms with Gasteiger partial charge in [-0.25, -0.2) is 4.79 Å². The van der Waals surface area contributed by atoms with Crippen LogP contribution < -0.4 is 0 Å². The van der Waals surface area contributed by atoms with Crippen molar-refractivity contribution in [1.82, 2.24) is 0 Å². The maximum absolute atomic E-state index is 11.3. The first kappa shape index (κ1) is 12.2. The van der Waals surface area contributed by atoms with Crippen molar-refractivity contribution in [2.75, 3.05) is 6.61 Å². The van der Waals surface area contributed by atoms with E-state index in [0.717, 1.165) is 0 Å². The van der Waals surface area contributed by atoms with Gasteiger partial charge in [-0.05, 0) is 11.3 Å².